The topological polar surface area (TPSA) is 79.8 Å². The van der Waals surface area contributed by atoms with Gasteiger partial charge in [0.15, 0.2) is 0 Å². The van der Waals surface area contributed by atoms with Gasteiger partial charge in [-0.25, -0.2) is 9.18 Å². The molecule has 10 heteroatoms. The number of nitrogens with zero attached hydrogens (tertiary/aromatic N) is 6. The number of rotatable bonds is 5. The maximum Gasteiger partial charge on any atom is 0.368 e. The molecule has 0 saturated heterocycles. The average Bonchev–Trinajstić information content (AvgIpc) is 3.21. The molecule has 0 aliphatic heterocycles. The first-order valence-corrected chi connectivity index (χ1v) is 9.85. The molecule has 0 aliphatic rings. The summed E-state index contributed by atoms with van der Waals surface area (Å²) >= 11 is 6.23. The van der Waals surface area contributed by atoms with Crippen LogP contribution in [0.4, 0.5) is 4.39 Å². The van der Waals surface area contributed by atoms with Crippen molar-refractivity contribution >= 4 is 11.6 Å². The Morgan fingerprint density at radius 2 is 1.87 bits per heavy atom. The molecule has 4 rings (SSSR count). The monoisotopic (exact) mass is 442 g/mol. The first kappa shape index (κ1) is 20.8. The van der Waals surface area contributed by atoms with Gasteiger partial charge in [-0.2, -0.15) is 14.5 Å². The normalized spacial score (nSPS) is 11.2. The molecular formula is C21H20ClFN6O2. The van der Waals surface area contributed by atoms with Gasteiger partial charge >= 0.3 is 5.69 Å². The minimum Gasteiger partial charge on any atom is -0.488 e. The Balaban J connectivity index is 1.63. The van der Waals surface area contributed by atoms with Gasteiger partial charge in [0.05, 0.1) is 16.9 Å². The SMILES string of the molecule is Cc1cc(-c2nn(C)c(Cl)c2C)ccc1OCc1c(F)cccc1-n1nnn(C)c1=O. The molecule has 0 fully saturated rings. The number of benzene rings is 2. The van der Waals surface area contributed by atoms with Crippen LogP contribution in [-0.4, -0.2) is 29.6 Å². The summed E-state index contributed by atoms with van der Waals surface area (Å²) in [6, 6.07) is 10.0. The molecular weight excluding hydrogens is 423 g/mol. The van der Waals surface area contributed by atoms with Crippen molar-refractivity contribution in [2.24, 2.45) is 14.1 Å². The third-order valence-electron chi connectivity index (χ3n) is 5.06. The van der Waals surface area contributed by atoms with Crippen LogP contribution in [0, 0.1) is 19.7 Å². The highest BCUT2D eigenvalue weighted by Crippen LogP contribution is 2.31. The summed E-state index contributed by atoms with van der Waals surface area (Å²) < 4.78 is 24.2. The van der Waals surface area contributed by atoms with Crippen molar-refractivity contribution < 1.29 is 9.13 Å². The van der Waals surface area contributed by atoms with Crippen molar-refractivity contribution in [3.63, 3.8) is 0 Å². The predicted molar refractivity (Wildman–Crippen MR) is 114 cm³/mol. The second-order valence-electron chi connectivity index (χ2n) is 7.19. The summed E-state index contributed by atoms with van der Waals surface area (Å²) in [5.74, 6) is 0.0900. The van der Waals surface area contributed by atoms with Gasteiger partial charge in [-0.15, -0.1) is 0 Å². The van der Waals surface area contributed by atoms with E-state index in [1.807, 2.05) is 32.0 Å². The van der Waals surface area contributed by atoms with Crippen molar-refractivity contribution in [2.75, 3.05) is 0 Å². The van der Waals surface area contributed by atoms with Crippen molar-refractivity contribution in [3.05, 3.63) is 74.5 Å². The third kappa shape index (κ3) is 3.72. The summed E-state index contributed by atoms with van der Waals surface area (Å²) in [5, 5.41) is 12.5. The number of tetrazole rings is 1. The fourth-order valence-corrected chi connectivity index (χ4v) is 3.47. The molecule has 0 amide bonds. The smallest absolute Gasteiger partial charge is 0.368 e. The maximum absolute atomic E-state index is 14.6. The van der Waals surface area contributed by atoms with Crippen molar-refractivity contribution in [3.8, 4) is 22.7 Å². The number of hydrogen-bond donors (Lipinski definition) is 0. The van der Waals surface area contributed by atoms with Gasteiger partial charge in [0, 0.05) is 25.2 Å². The molecule has 0 radical (unpaired) electrons. The molecule has 2 heterocycles. The molecule has 2 aromatic heterocycles. The molecule has 0 N–H and O–H groups in total. The van der Waals surface area contributed by atoms with Gasteiger partial charge in [0.1, 0.15) is 23.3 Å². The zero-order valence-corrected chi connectivity index (χ0v) is 18.2. The van der Waals surface area contributed by atoms with E-state index in [0.29, 0.717) is 10.9 Å². The second kappa shape index (κ2) is 7.99. The molecule has 0 unspecified atom stereocenters. The lowest BCUT2D eigenvalue weighted by Crippen LogP contribution is -2.23. The standard InChI is InChI=1S/C21H20ClFN6O2/c1-12-10-14(19-13(2)20(22)27(3)24-19)8-9-18(12)31-11-15-16(23)6-5-7-17(15)29-21(30)28(4)25-26-29/h5-10H,11H2,1-4H3. The summed E-state index contributed by atoms with van der Waals surface area (Å²) in [6.07, 6.45) is 0. The average molecular weight is 443 g/mol. The Hall–Kier alpha value is -3.46. The Morgan fingerprint density at radius 3 is 2.48 bits per heavy atom. The Morgan fingerprint density at radius 1 is 1.10 bits per heavy atom. The van der Waals surface area contributed by atoms with E-state index in [9.17, 15) is 9.18 Å². The first-order valence-electron chi connectivity index (χ1n) is 9.47. The molecule has 0 atom stereocenters. The summed E-state index contributed by atoms with van der Waals surface area (Å²) in [4.78, 5) is 12.2. The zero-order chi connectivity index (χ0) is 22.3. The van der Waals surface area contributed by atoms with E-state index >= 15 is 0 Å². The molecule has 31 heavy (non-hydrogen) atoms. The highest BCUT2D eigenvalue weighted by molar-refractivity contribution is 6.30. The van der Waals surface area contributed by atoms with Gasteiger partial charge in [-0.1, -0.05) is 17.7 Å². The van der Waals surface area contributed by atoms with Gasteiger partial charge in [0.25, 0.3) is 0 Å². The lowest BCUT2D eigenvalue weighted by atomic mass is 10.1. The highest BCUT2D eigenvalue weighted by Gasteiger charge is 2.17. The van der Waals surface area contributed by atoms with Crippen LogP contribution < -0.4 is 10.4 Å². The van der Waals surface area contributed by atoms with E-state index in [1.165, 1.54) is 19.2 Å². The first-order chi connectivity index (χ1) is 14.8. The minimum absolute atomic E-state index is 0.0837. The van der Waals surface area contributed by atoms with Crippen LogP contribution >= 0.6 is 11.6 Å². The summed E-state index contributed by atoms with van der Waals surface area (Å²) in [5.41, 5.74) is 3.46. The Kier molecular flexibility index (Phi) is 5.36. The molecule has 4 aromatic rings. The van der Waals surface area contributed by atoms with Crippen molar-refractivity contribution in [2.45, 2.75) is 20.5 Å². The number of hydrogen-bond acceptors (Lipinski definition) is 5. The lowest BCUT2D eigenvalue weighted by Gasteiger charge is -2.13. The molecule has 160 valence electrons. The molecule has 0 spiro atoms. The molecule has 0 aliphatic carbocycles. The van der Waals surface area contributed by atoms with Crippen molar-refractivity contribution in [1.29, 1.82) is 0 Å². The van der Waals surface area contributed by atoms with E-state index in [4.69, 9.17) is 16.3 Å². The van der Waals surface area contributed by atoms with Crippen LogP contribution in [0.25, 0.3) is 16.9 Å². The maximum atomic E-state index is 14.6. The fourth-order valence-electron chi connectivity index (χ4n) is 3.35. The van der Waals surface area contributed by atoms with E-state index in [2.05, 4.69) is 15.5 Å². The van der Waals surface area contributed by atoms with E-state index in [-0.39, 0.29) is 17.9 Å². The second-order valence-corrected chi connectivity index (χ2v) is 7.55. The Bertz CT molecular complexity index is 1340. The largest absolute Gasteiger partial charge is 0.488 e. The number of aromatic nitrogens is 6. The quantitative estimate of drug-likeness (QED) is 0.473. The van der Waals surface area contributed by atoms with E-state index < -0.39 is 11.5 Å². The summed E-state index contributed by atoms with van der Waals surface area (Å²) in [7, 11) is 3.26. The highest BCUT2D eigenvalue weighted by atomic mass is 35.5. The van der Waals surface area contributed by atoms with Crippen LogP contribution in [0.5, 0.6) is 5.75 Å². The molecule has 0 bridgehead atoms. The van der Waals surface area contributed by atoms with Crippen LogP contribution in [0.1, 0.15) is 16.7 Å². The van der Waals surface area contributed by atoms with Gasteiger partial charge in [-0.3, -0.25) is 4.68 Å². The fraction of sp³-hybridized carbons (Fsp3) is 0.238. The van der Waals surface area contributed by atoms with Crippen LogP contribution in [-0.2, 0) is 20.7 Å². The number of aryl methyl sites for hydroxylation is 3. The molecule has 8 nitrogen and oxygen atoms in total. The lowest BCUT2D eigenvalue weighted by molar-refractivity contribution is 0.297. The minimum atomic E-state index is -0.497. The van der Waals surface area contributed by atoms with E-state index in [1.54, 1.807) is 17.8 Å². The number of ether oxygens (including phenoxy) is 1. The van der Waals surface area contributed by atoms with Crippen molar-refractivity contribution in [1.82, 2.24) is 29.6 Å². The molecule has 0 saturated carbocycles. The van der Waals surface area contributed by atoms with Gasteiger partial charge in [0.2, 0.25) is 0 Å². The third-order valence-corrected chi connectivity index (χ3v) is 5.59. The van der Waals surface area contributed by atoms with Gasteiger partial charge in [-0.05, 0) is 60.2 Å². The zero-order valence-electron chi connectivity index (χ0n) is 17.4. The summed E-state index contributed by atoms with van der Waals surface area (Å²) in [6.45, 7) is 3.73. The van der Waals surface area contributed by atoms with Gasteiger partial charge < -0.3 is 4.74 Å². The predicted octanol–water partition coefficient (Wildman–Crippen LogP) is 3.35. The van der Waals surface area contributed by atoms with Crippen LogP contribution in [0.3, 0.4) is 0 Å². The van der Waals surface area contributed by atoms with Crippen LogP contribution in [0.2, 0.25) is 5.15 Å². The van der Waals surface area contributed by atoms with Crippen LogP contribution in [0.15, 0.2) is 41.2 Å². The Labute approximate surface area is 182 Å². The number of halogens is 2. The molecule has 2 aromatic carbocycles. The van der Waals surface area contributed by atoms with E-state index in [0.717, 1.165) is 31.7 Å².